The van der Waals surface area contributed by atoms with Crippen molar-refractivity contribution in [3.63, 3.8) is 0 Å². The third-order valence-corrected chi connectivity index (χ3v) is 11.0. The summed E-state index contributed by atoms with van der Waals surface area (Å²) >= 11 is 4.03. The third-order valence-electron chi connectivity index (χ3n) is 7.86. The number of thioether (sulfide) groups is 2. The van der Waals surface area contributed by atoms with E-state index in [1.807, 2.05) is 19.0 Å². The topological polar surface area (TPSA) is 188 Å². The van der Waals surface area contributed by atoms with Gasteiger partial charge in [-0.2, -0.15) is 0 Å². The molecule has 3 atom stereocenters. The van der Waals surface area contributed by atoms with Crippen molar-refractivity contribution in [1.29, 1.82) is 0 Å². The van der Waals surface area contributed by atoms with Gasteiger partial charge < -0.3 is 25.4 Å². The van der Waals surface area contributed by atoms with Gasteiger partial charge in [-0.15, -0.1) is 28.2 Å². The standard InChI is InChI=1S/C28H39N9O6S3/c1-4-20(42-25(40)16-8-6-5-7-9-16)43-26(41)22-17(14-46-28-32-33-34-36(28)11-10-35(2)3)13-44-24-21(23(39)37(22)24)31-19(38)12-18-15-45-27(29)30-18/h15-16,20-21,24H,4-14H2,1-3H3,(H2,29,30)(H,31,38)/t20?,21-,24-/m1/s1. The van der Waals surface area contributed by atoms with Crippen LogP contribution in [0, 0.1) is 5.92 Å². The summed E-state index contributed by atoms with van der Waals surface area (Å²) in [6, 6.07) is -0.824. The SMILES string of the molecule is CCC(OC(=O)C1=C(CSc2nnnn2CCN(C)C)CS[C@@H]2[C@H](NC(=O)Cc3csc(N)n3)C(=O)N12)OC(=O)C1CCCCC1. The molecule has 2 aromatic rings. The van der Waals surface area contributed by atoms with Crippen LogP contribution in [-0.4, -0.2) is 109 Å². The number of nitrogens with zero attached hydrogens (tertiary/aromatic N) is 7. The number of carbonyl (C=O) groups is 4. The Labute approximate surface area is 279 Å². The minimum absolute atomic E-state index is 0.0193. The van der Waals surface area contributed by atoms with Gasteiger partial charge in [0, 0.05) is 29.9 Å². The average Bonchev–Trinajstić information content (AvgIpc) is 3.68. The molecule has 1 saturated heterocycles. The second-order valence-electron chi connectivity index (χ2n) is 11.6. The Kier molecular flexibility index (Phi) is 11.6. The highest BCUT2D eigenvalue weighted by Gasteiger charge is 2.54. The lowest BCUT2D eigenvalue weighted by molar-refractivity contribution is -0.191. The van der Waals surface area contributed by atoms with Gasteiger partial charge in [-0.25, -0.2) is 14.5 Å². The van der Waals surface area contributed by atoms with Crippen LogP contribution in [0.25, 0.3) is 0 Å². The monoisotopic (exact) mass is 693 g/mol. The molecule has 15 nitrogen and oxygen atoms in total. The van der Waals surface area contributed by atoms with Crippen molar-refractivity contribution in [2.75, 3.05) is 37.9 Å². The molecule has 2 aromatic heterocycles. The summed E-state index contributed by atoms with van der Waals surface area (Å²) in [5, 5.41) is 16.9. The number of hydrogen-bond donors (Lipinski definition) is 2. The first kappa shape index (κ1) is 34.1. The highest BCUT2D eigenvalue weighted by Crippen LogP contribution is 2.42. The number of thiazole rings is 1. The number of carbonyl (C=O) groups excluding carboxylic acids is 4. The Morgan fingerprint density at radius 1 is 1.22 bits per heavy atom. The van der Waals surface area contributed by atoms with Crippen LogP contribution in [0.3, 0.4) is 0 Å². The number of hydrogen-bond acceptors (Lipinski definition) is 15. The van der Waals surface area contributed by atoms with Gasteiger partial charge in [0.25, 0.3) is 5.91 Å². The van der Waals surface area contributed by atoms with Crippen LogP contribution in [-0.2, 0) is 41.6 Å². The number of fused-ring (bicyclic) bond motifs is 1. The van der Waals surface area contributed by atoms with Crippen molar-refractivity contribution < 1.29 is 28.7 Å². The van der Waals surface area contributed by atoms with E-state index in [0.717, 1.165) is 38.6 Å². The molecule has 3 N–H and O–H groups in total. The second-order valence-corrected chi connectivity index (χ2v) is 14.5. The number of nitrogens with one attached hydrogen (secondary N) is 1. The number of tetrazole rings is 1. The number of anilines is 1. The van der Waals surface area contributed by atoms with E-state index < -0.39 is 29.6 Å². The summed E-state index contributed by atoms with van der Waals surface area (Å²) < 4.78 is 13.1. The van der Waals surface area contributed by atoms with Crippen molar-refractivity contribution in [1.82, 2.24) is 40.3 Å². The Morgan fingerprint density at radius 3 is 2.70 bits per heavy atom. The van der Waals surface area contributed by atoms with E-state index in [0.29, 0.717) is 39.6 Å². The van der Waals surface area contributed by atoms with Gasteiger partial charge in [-0.05, 0) is 42.9 Å². The number of amides is 2. The Bertz CT molecular complexity index is 1460. The summed E-state index contributed by atoms with van der Waals surface area (Å²) in [4.78, 5) is 60.4. The molecule has 18 heteroatoms. The number of aromatic nitrogens is 5. The molecule has 0 aromatic carbocycles. The first-order chi connectivity index (χ1) is 22.1. The molecular weight excluding hydrogens is 655 g/mol. The number of nitrogens with two attached hydrogens (primary N) is 1. The summed E-state index contributed by atoms with van der Waals surface area (Å²) in [6.45, 7) is 3.08. The molecule has 1 saturated carbocycles. The lowest BCUT2D eigenvalue weighted by Gasteiger charge is -2.49. The Morgan fingerprint density at radius 2 is 2.00 bits per heavy atom. The number of rotatable bonds is 14. The van der Waals surface area contributed by atoms with Crippen LogP contribution >= 0.6 is 34.9 Å². The maximum absolute atomic E-state index is 13.8. The molecule has 2 aliphatic heterocycles. The zero-order valence-corrected chi connectivity index (χ0v) is 28.5. The second kappa shape index (κ2) is 15.6. The molecule has 1 unspecified atom stereocenters. The number of nitrogen functional groups attached to an aromatic ring is 1. The molecule has 5 rings (SSSR count). The Hall–Kier alpha value is -3.22. The highest BCUT2D eigenvalue weighted by atomic mass is 32.2. The fraction of sp³-hybridized carbons (Fsp3) is 0.643. The minimum Gasteiger partial charge on any atom is -0.425 e. The molecule has 0 spiro atoms. The number of ether oxygens (including phenoxy) is 2. The maximum atomic E-state index is 13.8. The molecule has 4 heterocycles. The summed E-state index contributed by atoms with van der Waals surface area (Å²) in [7, 11) is 3.92. The Balaban J connectivity index is 1.31. The molecule has 2 amide bonds. The van der Waals surface area contributed by atoms with Crippen molar-refractivity contribution in [2.24, 2.45) is 5.92 Å². The van der Waals surface area contributed by atoms with Crippen molar-refractivity contribution in [3.8, 4) is 0 Å². The molecule has 1 aliphatic carbocycles. The molecule has 3 aliphatic rings. The van der Waals surface area contributed by atoms with Crippen LogP contribution in [0.1, 0.15) is 51.1 Å². The molecule has 0 bridgehead atoms. The van der Waals surface area contributed by atoms with Crippen molar-refractivity contribution in [2.45, 2.75) is 81.3 Å². The fourth-order valence-corrected chi connectivity index (χ4v) is 8.34. The predicted octanol–water partition coefficient (Wildman–Crippen LogP) is 1.67. The maximum Gasteiger partial charge on any atom is 0.358 e. The number of β-lactam (4-membered cyclic amide) rings is 1. The van der Waals surface area contributed by atoms with Crippen molar-refractivity contribution >= 4 is 63.7 Å². The molecule has 2 fully saturated rings. The van der Waals surface area contributed by atoms with E-state index >= 15 is 0 Å². The van der Waals surface area contributed by atoms with Gasteiger partial charge in [0.2, 0.25) is 17.4 Å². The largest absolute Gasteiger partial charge is 0.425 e. The van der Waals surface area contributed by atoms with Gasteiger partial charge in [-0.1, -0.05) is 37.9 Å². The van der Waals surface area contributed by atoms with Crippen LogP contribution in [0.2, 0.25) is 0 Å². The zero-order chi connectivity index (χ0) is 32.8. The lowest BCUT2D eigenvalue weighted by Crippen LogP contribution is -2.70. The number of esters is 2. The fourth-order valence-electron chi connectivity index (χ4n) is 5.39. The first-order valence-electron chi connectivity index (χ1n) is 15.3. The normalized spacial score (nSPS) is 20.7. The average molecular weight is 694 g/mol. The van der Waals surface area contributed by atoms with Gasteiger partial charge in [0.15, 0.2) is 5.13 Å². The van der Waals surface area contributed by atoms with E-state index in [1.165, 1.54) is 39.8 Å². The first-order valence-corrected chi connectivity index (χ1v) is 18.2. The smallest absolute Gasteiger partial charge is 0.358 e. The van der Waals surface area contributed by atoms with Crippen LogP contribution < -0.4 is 11.1 Å². The van der Waals surface area contributed by atoms with Crippen molar-refractivity contribution in [3.05, 3.63) is 22.3 Å². The van der Waals surface area contributed by atoms with E-state index in [1.54, 1.807) is 17.0 Å². The molecular formula is C28H39N9O6S3. The summed E-state index contributed by atoms with van der Waals surface area (Å²) in [6.07, 6.45) is 3.69. The van der Waals surface area contributed by atoms with Gasteiger partial charge in [0.05, 0.1) is 24.6 Å². The lowest BCUT2D eigenvalue weighted by atomic mass is 9.89. The third kappa shape index (κ3) is 8.19. The summed E-state index contributed by atoms with van der Waals surface area (Å²) in [5.41, 5.74) is 6.95. The molecule has 250 valence electrons. The van der Waals surface area contributed by atoms with E-state index in [4.69, 9.17) is 15.2 Å². The van der Waals surface area contributed by atoms with E-state index in [2.05, 4.69) is 25.8 Å². The van der Waals surface area contributed by atoms with Gasteiger partial charge in [0.1, 0.15) is 17.1 Å². The van der Waals surface area contributed by atoms with Crippen LogP contribution in [0.15, 0.2) is 21.8 Å². The van der Waals surface area contributed by atoms with Crippen LogP contribution in [0.4, 0.5) is 5.13 Å². The molecule has 0 radical (unpaired) electrons. The highest BCUT2D eigenvalue weighted by molar-refractivity contribution is 8.01. The zero-order valence-electron chi connectivity index (χ0n) is 26.0. The minimum atomic E-state index is -1.09. The van der Waals surface area contributed by atoms with E-state index in [-0.39, 0.29) is 36.3 Å². The molecule has 46 heavy (non-hydrogen) atoms. The number of likely N-dealkylation sites (N-methyl/N-ethyl adjacent to an activating group) is 1. The summed E-state index contributed by atoms with van der Waals surface area (Å²) in [5.74, 6) is -1.41. The van der Waals surface area contributed by atoms with Gasteiger partial charge >= 0.3 is 11.9 Å². The van der Waals surface area contributed by atoms with Gasteiger partial charge in [-0.3, -0.25) is 19.3 Å². The van der Waals surface area contributed by atoms with E-state index in [9.17, 15) is 19.2 Å². The van der Waals surface area contributed by atoms with Crippen LogP contribution in [0.5, 0.6) is 0 Å². The predicted molar refractivity (Wildman–Crippen MR) is 172 cm³/mol. The quantitative estimate of drug-likeness (QED) is 0.126.